The van der Waals surface area contributed by atoms with Crippen molar-refractivity contribution in [3.8, 4) is 0 Å². The average molecular weight is 140 g/mol. The summed E-state index contributed by atoms with van der Waals surface area (Å²) in [6.07, 6.45) is 3.68. The Morgan fingerprint density at radius 1 is 1.60 bits per heavy atom. The van der Waals surface area contributed by atoms with Crippen LogP contribution in [0.3, 0.4) is 0 Å². The molecule has 0 heterocycles. The van der Waals surface area contributed by atoms with Gasteiger partial charge in [-0.3, -0.25) is 0 Å². The summed E-state index contributed by atoms with van der Waals surface area (Å²) in [7, 11) is 1.92. The highest BCUT2D eigenvalue weighted by atomic mass is 19.1. The molecule has 0 saturated carbocycles. The van der Waals surface area contributed by atoms with E-state index in [0.717, 1.165) is 18.3 Å². The number of halogens is 1. The SMILES string of the molecule is BC(=C)CC/C(F)=C\CC. The summed E-state index contributed by atoms with van der Waals surface area (Å²) in [5, 5.41) is 0. The maximum Gasteiger partial charge on any atom is 0.133 e. The van der Waals surface area contributed by atoms with Gasteiger partial charge >= 0.3 is 0 Å². The molecule has 0 radical (unpaired) electrons. The number of hydrogen-bond acceptors (Lipinski definition) is 0. The van der Waals surface area contributed by atoms with Crippen molar-refractivity contribution < 1.29 is 4.39 Å². The van der Waals surface area contributed by atoms with E-state index >= 15 is 0 Å². The van der Waals surface area contributed by atoms with Gasteiger partial charge < -0.3 is 0 Å². The van der Waals surface area contributed by atoms with Crippen LogP contribution >= 0.6 is 0 Å². The third-order valence-corrected chi connectivity index (χ3v) is 1.22. The van der Waals surface area contributed by atoms with Gasteiger partial charge in [-0.05, 0) is 12.8 Å². The molecule has 0 N–H and O–H groups in total. The minimum Gasteiger partial charge on any atom is -0.212 e. The Labute approximate surface area is 63.2 Å². The van der Waals surface area contributed by atoms with E-state index in [9.17, 15) is 4.39 Å². The van der Waals surface area contributed by atoms with E-state index in [-0.39, 0.29) is 5.83 Å². The molecule has 0 atom stereocenters. The van der Waals surface area contributed by atoms with E-state index in [4.69, 9.17) is 0 Å². The number of allylic oxidation sites excluding steroid dienone is 3. The maximum atomic E-state index is 12.6. The van der Waals surface area contributed by atoms with Crippen LogP contribution in [-0.4, -0.2) is 7.85 Å². The monoisotopic (exact) mass is 140 g/mol. The van der Waals surface area contributed by atoms with Crippen LogP contribution in [0.2, 0.25) is 0 Å². The average Bonchev–Trinajstić information content (AvgIpc) is 1.85. The van der Waals surface area contributed by atoms with Crippen molar-refractivity contribution in [3.05, 3.63) is 24.0 Å². The predicted molar refractivity (Wildman–Crippen MR) is 46.4 cm³/mol. The van der Waals surface area contributed by atoms with E-state index in [2.05, 4.69) is 6.58 Å². The molecule has 0 aliphatic heterocycles. The molecular weight excluding hydrogens is 126 g/mol. The molecule has 0 aromatic carbocycles. The predicted octanol–water partition coefficient (Wildman–Crippen LogP) is 2.18. The van der Waals surface area contributed by atoms with E-state index in [1.807, 2.05) is 14.8 Å². The normalized spacial score (nSPS) is 11.6. The zero-order valence-electron chi connectivity index (χ0n) is 6.78. The molecule has 0 bridgehead atoms. The van der Waals surface area contributed by atoms with Crippen molar-refractivity contribution in [1.82, 2.24) is 0 Å². The standard InChI is InChI=1S/C8H14BF/c1-3-4-8(10)6-5-7(2)9/h4H,2-3,5-6,9H2,1H3/b8-4+. The Bertz CT molecular complexity index is 138. The molecule has 0 amide bonds. The zero-order chi connectivity index (χ0) is 7.98. The van der Waals surface area contributed by atoms with Crippen LogP contribution in [0.1, 0.15) is 26.2 Å². The lowest BCUT2D eigenvalue weighted by atomic mass is 9.93. The Morgan fingerprint density at radius 3 is 2.60 bits per heavy atom. The third-order valence-electron chi connectivity index (χ3n) is 1.22. The van der Waals surface area contributed by atoms with Gasteiger partial charge in [0.15, 0.2) is 0 Å². The van der Waals surface area contributed by atoms with Gasteiger partial charge in [0.1, 0.15) is 7.85 Å². The lowest BCUT2D eigenvalue weighted by Crippen LogP contribution is -1.80. The van der Waals surface area contributed by atoms with Crippen LogP contribution in [0.25, 0.3) is 0 Å². The van der Waals surface area contributed by atoms with Crippen molar-refractivity contribution in [1.29, 1.82) is 0 Å². The summed E-state index contributed by atoms with van der Waals surface area (Å²) in [4.78, 5) is 0. The molecule has 2 heteroatoms. The Hall–Kier alpha value is -0.525. The fourth-order valence-electron chi connectivity index (χ4n) is 0.656. The minimum atomic E-state index is -0.00880. The van der Waals surface area contributed by atoms with Crippen molar-refractivity contribution in [2.45, 2.75) is 26.2 Å². The molecule has 0 nitrogen and oxygen atoms in total. The van der Waals surface area contributed by atoms with Crippen molar-refractivity contribution >= 4 is 7.85 Å². The molecule has 10 heavy (non-hydrogen) atoms. The van der Waals surface area contributed by atoms with Crippen LogP contribution in [0.5, 0.6) is 0 Å². The van der Waals surface area contributed by atoms with Gasteiger partial charge in [0.25, 0.3) is 0 Å². The molecule has 0 unspecified atom stereocenters. The lowest BCUT2D eigenvalue weighted by molar-refractivity contribution is 0.585. The molecule has 0 saturated heterocycles. The first-order chi connectivity index (χ1) is 4.66. The molecule has 56 valence electrons. The second kappa shape index (κ2) is 5.27. The highest BCUT2D eigenvalue weighted by Crippen LogP contribution is 2.09. The van der Waals surface area contributed by atoms with Gasteiger partial charge in [0.2, 0.25) is 0 Å². The van der Waals surface area contributed by atoms with Crippen molar-refractivity contribution in [3.63, 3.8) is 0 Å². The summed E-state index contributed by atoms with van der Waals surface area (Å²) < 4.78 is 12.6. The highest BCUT2D eigenvalue weighted by molar-refractivity contribution is 6.21. The first-order valence-corrected chi connectivity index (χ1v) is 3.65. The third kappa shape index (κ3) is 5.61. The molecule has 0 rings (SSSR count). The topological polar surface area (TPSA) is 0 Å². The molecular formula is C8H14BF. The summed E-state index contributed by atoms with van der Waals surface area (Å²) in [5.74, 6) is -0.00880. The Balaban J connectivity index is 3.48. The van der Waals surface area contributed by atoms with Crippen LogP contribution in [0.4, 0.5) is 4.39 Å². The van der Waals surface area contributed by atoms with E-state index in [1.54, 1.807) is 6.08 Å². The Kier molecular flexibility index (Phi) is 5.00. The molecule has 0 aliphatic carbocycles. The van der Waals surface area contributed by atoms with Crippen LogP contribution in [0, 0.1) is 0 Å². The van der Waals surface area contributed by atoms with E-state index < -0.39 is 0 Å². The Morgan fingerprint density at radius 2 is 2.20 bits per heavy atom. The van der Waals surface area contributed by atoms with Crippen molar-refractivity contribution in [2.24, 2.45) is 0 Å². The fourth-order valence-corrected chi connectivity index (χ4v) is 0.656. The summed E-state index contributed by atoms with van der Waals surface area (Å²) in [6.45, 7) is 5.62. The fraction of sp³-hybridized carbons (Fsp3) is 0.500. The first kappa shape index (κ1) is 9.47. The smallest absolute Gasteiger partial charge is 0.133 e. The van der Waals surface area contributed by atoms with E-state index in [0.29, 0.717) is 6.42 Å². The van der Waals surface area contributed by atoms with Crippen molar-refractivity contribution in [2.75, 3.05) is 0 Å². The largest absolute Gasteiger partial charge is 0.212 e. The molecule has 0 fully saturated rings. The van der Waals surface area contributed by atoms with Gasteiger partial charge in [-0.2, -0.15) is 0 Å². The number of hydrogen-bond donors (Lipinski definition) is 0. The van der Waals surface area contributed by atoms with E-state index in [1.165, 1.54) is 0 Å². The van der Waals surface area contributed by atoms with Gasteiger partial charge in [0.05, 0.1) is 5.83 Å². The first-order valence-electron chi connectivity index (χ1n) is 3.65. The summed E-state index contributed by atoms with van der Waals surface area (Å²) in [5.41, 5.74) is 1.04. The number of rotatable bonds is 4. The summed E-state index contributed by atoms with van der Waals surface area (Å²) in [6, 6.07) is 0. The molecule has 0 aromatic heterocycles. The quantitative estimate of drug-likeness (QED) is 0.525. The maximum absolute atomic E-state index is 12.6. The summed E-state index contributed by atoms with van der Waals surface area (Å²) >= 11 is 0. The molecule has 0 aromatic rings. The minimum absolute atomic E-state index is 0.00880. The van der Waals surface area contributed by atoms with Crippen LogP contribution in [-0.2, 0) is 0 Å². The van der Waals surface area contributed by atoms with Gasteiger partial charge in [-0.25, -0.2) is 4.39 Å². The molecule has 0 spiro atoms. The molecule has 0 aliphatic rings. The lowest BCUT2D eigenvalue weighted by Gasteiger charge is -1.95. The second-order valence-corrected chi connectivity index (χ2v) is 2.52. The van der Waals surface area contributed by atoms with Gasteiger partial charge in [0, 0.05) is 6.42 Å². The van der Waals surface area contributed by atoms with Gasteiger partial charge in [-0.15, -0.1) is 12.1 Å². The van der Waals surface area contributed by atoms with Gasteiger partial charge in [-0.1, -0.05) is 13.0 Å². The van der Waals surface area contributed by atoms with Crippen LogP contribution in [0.15, 0.2) is 24.0 Å². The highest BCUT2D eigenvalue weighted by Gasteiger charge is 1.92. The zero-order valence-corrected chi connectivity index (χ0v) is 6.78. The second-order valence-electron chi connectivity index (χ2n) is 2.52. The van der Waals surface area contributed by atoms with Crippen LogP contribution < -0.4 is 0 Å².